The first-order valence-corrected chi connectivity index (χ1v) is 23.0. The number of carbonyl (C=O) groups is 2. The van der Waals surface area contributed by atoms with Crippen LogP contribution in [0.25, 0.3) is 0 Å². The maximum absolute atomic E-state index is 13.3. The summed E-state index contributed by atoms with van der Waals surface area (Å²) in [4.78, 5) is 29.0. The number of rotatable bonds is 13. The zero-order valence-electron chi connectivity index (χ0n) is 32.6. The summed E-state index contributed by atoms with van der Waals surface area (Å²) in [7, 11) is 0. The van der Waals surface area contributed by atoms with Crippen LogP contribution >= 0.6 is 45.3 Å². The number of quaternary nitrogens is 2. The molecule has 0 saturated carbocycles. The van der Waals surface area contributed by atoms with Gasteiger partial charge in [0.05, 0.1) is 58.8 Å². The number of fused-ring (bicyclic) bond motifs is 6. The van der Waals surface area contributed by atoms with Crippen molar-refractivity contribution in [3.63, 3.8) is 0 Å². The normalized spacial score (nSPS) is 26.2. The Kier molecular flexibility index (Phi) is 15.8. The zero-order chi connectivity index (χ0) is 38.7. The second kappa shape index (κ2) is 19.6. The van der Waals surface area contributed by atoms with Gasteiger partial charge in [-0.2, -0.15) is 0 Å². The molecule has 6 fully saturated rings. The van der Waals surface area contributed by atoms with E-state index in [1.54, 1.807) is 12.1 Å². The molecule has 4 aromatic heterocycles. The molecule has 310 valence electrons. The number of piperidine rings is 6. The molecule has 57 heavy (non-hydrogen) atoms. The quantitative estimate of drug-likeness (QED) is 0.121. The highest BCUT2D eigenvalue weighted by Crippen LogP contribution is 2.42. The van der Waals surface area contributed by atoms with Crippen molar-refractivity contribution >= 4 is 57.3 Å². The molecule has 10 heterocycles. The summed E-state index contributed by atoms with van der Waals surface area (Å²) in [5.41, 5.74) is -2.06. The number of aliphatic hydroxyl groups is 2. The highest BCUT2D eigenvalue weighted by molar-refractivity contribution is 7.12. The lowest BCUT2D eigenvalue weighted by molar-refractivity contribution is -0.945. The minimum absolute atomic E-state index is 0. The number of hydrogen-bond acceptors (Lipinski definition) is 10. The molecule has 6 aliphatic heterocycles. The van der Waals surface area contributed by atoms with Crippen molar-refractivity contribution in [2.75, 3.05) is 52.4 Å². The topological polar surface area (TPSA) is 93.1 Å². The molecule has 0 aliphatic carbocycles. The van der Waals surface area contributed by atoms with E-state index in [-0.39, 0.29) is 46.2 Å². The second-order valence-corrected chi connectivity index (χ2v) is 19.9. The molecule has 0 amide bonds. The Morgan fingerprint density at radius 1 is 0.702 bits per heavy atom. The summed E-state index contributed by atoms with van der Waals surface area (Å²) in [5.74, 6) is -0.250. The molecule has 0 unspecified atom stereocenters. The zero-order valence-corrected chi connectivity index (χ0v) is 39.0. The predicted molar refractivity (Wildman–Crippen MR) is 222 cm³/mol. The maximum Gasteiger partial charge on any atom is 0.349 e. The Morgan fingerprint density at radius 2 is 1.07 bits per heavy atom. The fraction of sp³-hybridized carbons (Fsp3) is 0.488. The Morgan fingerprint density at radius 3 is 1.40 bits per heavy atom. The van der Waals surface area contributed by atoms with E-state index < -0.39 is 23.1 Å². The molecule has 6 saturated heterocycles. The van der Waals surface area contributed by atoms with Gasteiger partial charge in [-0.1, -0.05) is 42.5 Å². The molecule has 0 radical (unpaired) electrons. The summed E-state index contributed by atoms with van der Waals surface area (Å²) < 4.78 is 14.1. The summed E-state index contributed by atoms with van der Waals surface area (Å²) >= 11 is 5.54. The smallest absolute Gasteiger partial charge is 0.349 e. The third kappa shape index (κ3) is 9.66. The maximum atomic E-state index is 13.3. The second-order valence-electron chi connectivity index (χ2n) is 16.1. The Balaban J connectivity index is 0.000000211. The van der Waals surface area contributed by atoms with Gasteiger partial charge >= 0.3 is 11.9 Å². The van der Waals surface area contributed by atoms with Crippen molar-refractivity contribution in [2.45, 2.75) is 69.4 Å². The van der Waals surface area contributed by atoms with E-state index in [4.69, 9.17) is 9.47 Å². The SMILES string of the molecule is C=CC[N+]12CCC(CC1)[C@@H](OC(=O)C(O)(c1cccs1)c1cccs1)C2.CC(C)=CCC[N+]12CCC(CC1)[C@@H](OC(=O)C(O)(c1cccs1)c1cccs1)C2.[Br-].[Br-]. The molecule has 4 bridgehead atoms. The third-order valence-electron chi connectivity index (χ3n) is 12.4. The third-order valence-corrected chi connectivity index (χ3v) is 16.3. The van der Waals surface area contributed by atoms with E-state index in [2.05, 4.69) is 26.5 Å². The lowest BCUT2D eigenvalue weighted by Gasteiger charge is -2.52. The number of hydrogen-bond donors (Lipinski definition) is 2. The highest BCUT2D eigenvalue weighted by atomic mass is 79.9. The van der Waals surface area contributed by atoms with Gasteiger partial charge in [-0.15, -0.1) is 45.3 Å². The van der Waals surface area contributed by atoms with Gasteiger partial charge in [-0.05, 0) is 65.7 Å². The van der Waals surface area contributed by atoms with Crippen LogP contribution in [0.3, 0.4) is 0 Å². The van der Waals surface area contributed by atoms with Crippen LogP contribution in [0.15, 0.2) is 94.4 Å². The fourth-order valence-corrected chi connectivity index (χ4v) is 12.6. The van der Waals surface area contributed by atoms with Crippen molar-refractivity contribution < 1.29 is 72.2 Å². The van der Waals surface area contributed by atoms with Gasteiger partial charge in [-0.3, -0.25) is 0 Å². The van der Waals surface area contributed by atoms with Crippen molar-refractivity contribution in [1.29, 1.82) is 0 Å². The number of nitrogens with zero attached hydrogens (tertiary/aromatic N) is 2. The molecule has 2 atom stereocenters. The van der Waals surface area contributed by atoms with E-state index >= 15 is 0 Å². The van der Waals surface area contributed by atoms with Crippen LogP contribution in [0.4, 0.5) is 0 Å². The predicted octanol–water partition coefficient (Wildman–Crippen LogP) is 1.95. The van der Waals surface area contributed by atoms with Crippen molar-refractivity contribution in [3.8, 4) is 0 Å². The van der Waals surface area contributed by atoms with Crippen LogP contribution in [0.5, 0.6) is 0 Å². The van der Waals surface area contributed by atoms with E-state index in [0.29, 0.717) is 31.3 Å². The molecular weight excluding hydrogens is 929 g/mol. The van der Waals surface area contributed by atoms with Gasteiger partial charge in [0.1, 0.15) is 13.1 Å². The van der Waals surface area contributed by atoms with Crippen molar-refractivity contribution in [2.24, 2.45) is 11.8 Å². The Hall–Kier alpha value is -1.98. The first-order valence-electron chi connectivity index (χ1n) is 19.5. The van der Waals surface area contributed by atoms with Gasteiger partial charge < -0.3 is 62.6 Å². The van der Waals surface area contributed by atoms with Crippen LogP contribution < -0.4 is 34.0 Å². The average Bonchev–Trinajstić information content (AvgIpc) is 4.04. The summed E-state index contributed by atoms with van der Waals surface area (Å²) in [6, 6.07) is 14.7. The number of allylic oxidation sites excluding steroid dienone is 1. The highest BCUT2D eigenvalue weighted by Gasteiger charge is 2.52. The van der Waals surface area contributed by atoms with Crippen LogP contribution in [0, 0.1) is 11.8 Å². The molecule has 8 nitrogen and oxygen atoms in total. The van der Waals surface area contributed by atoms with Gasteiger partial charge in [0.15, 0.2) is 12.2 Å². The van der Waals surface area contributed by atoms with Gasteiger partial charge in [0.25, 0.3) is 0 Å². The summed E-state index contributed by atoms with van der Waals surface area (Å²) in [5, 5.41) is 30.4. The average molecular weight is 983 g/mol. The van der Waals surface area contributed by atoms with E-state index in [1.165, 1.54) is 64.0 Å². The van der Waals surface area contributed by atoms with Gasteiger partial charge in [0.2, 0.25) is 11.2 Å². The van der Waals surface area contributed by atoms with Crippen LogP contribution in [-0.4, -0.2) is 95.7 Å². The molecule has 6 aliphatic rings. The Bertz CT molecular complexity index is 1830. The van der Waals surface area contributed by atoms with Gasteiger partial charge in [0, 0.05) is 43.9 Å². The van der Waals surface area contributed by atoms with Crippen LogP contribution in [0.1, 0.15) is 65.5 Å². The summed E-state index contributed by atoms with van der Waals surface area (Å²) in [6.45, 7) is 16.5. The molecule has 0 spiro atoms. The van der Waals surface area contributed by atoms with E-state index in [1.807, 2.05) is 64.0 Å². The number of halogens is 2. The van der Waals surface area contributed by atoms with E-state index in [0.717, 1.165) is 80.3 Å². The molecule has 0 aromatic carbocycles. The lowest BCUT2D eigenvalue weighted by atomic mass is 9.83. The van der Waals surface area contributed by atoms with Crippen LogP contribution in [-0.2, 0) is 30.3 Å². The first-order chi connectivity index (χ1) is 26.5. The number of esters is 2. The minimum atomic E-state index is -1.71. The standard InChI is InChI=1S/C23H30NO3S2.C20H24NO3S2.2BrH/c1-17(2)6-3-11-24-12-9-18(10-13-24)19(16-24)27-22(25)23(26,20-7-4-14-28-20)21-8-5-15-29-21;1-2-9-21-10-7-15(8-11-21)16(14-21)24-19(22)20(23,17-5-3-12-25-17)18-6-4-13-26-18;;/h4-8,14-15,18-19,26H,3,9-13,16H2,1-2H3;2-6,12-13,15-16,23H,1,7-11,14H2;2*1H/q2*+1;;/p-2/t18?,19-,24?;15?,16-,21?;;/m00../s1. The molecule has 10 rings (SSSR count). The molecule has 2 N–H and O–H groups in total. The van der Waals surface area contributed by atoms with E-state index in [9.17, 15) is 19.8 Å². The lowest BCUT2D eigenvalue weighted by Crippen LogP contribution is -3.00. The first kappa shape index (κ1) is 46.1. The van der Waals surface area contributed by atoms with Crippen molar-refractivity contribution in [3.05, 3.63) is 114 Å². The number of thiophene rings is 4. The molecular formula is C43H54Br2N2O6S4. The fourth-order valence-electron chi connectivity index (χ4n) is 9.21. The van der Waals surface area contributed by atoms with Gasteiger partial charge in [-0.25, -0.2) is 9.59 Å². The number of ether oxygens (including phenoxy) is 2. The molecule has 4 aromatic rings. The Labute approximate surface area is 374 Å². The molecule has 14 heteroatoms. The summed E-state index contributed by atoms with van der Waals surface area (Å²) in [6.07, 6.45) is 9.46. The monoisotopic (exact) mass is 980 g/mol. The number of carbonyl (C=O) groups excluding carboxylic acids is 2. The van der Waals surface area contributed by atoms with Crippen molar-refractivity contribution in [1.82, 2.24) is 0 Å². The van der Waals surface area contributed by atoms with Crippen LogP contribution in [0.2, 0.25) is 0 Å². The minimum Gasteiger partial charge on any atom is -1.00 e. The largest absolute Gasteiger partial charge is 1.00 e.